The van der Waals surface area contributed by atoms with Gasteiger partial charge in [-0.25, -0.2) is 17.9 Å². The average molecular weight is 357 g/mol. The zero-order valence-corrected chi connectivity index (χ0v) is 14.1. The molecule has 0 aliphatic heterocycles. The van der Waals surface area contributed by atoms with E-state index < -0.39 is 11.6 Å². The van der Waals surface area contributed by atoms with Gasteiger partial charge in [-0.1, -0.05) is 12.1 Å². The number of fused-ring (bicyclic) bond motifs is 1. The third-order valence-electron chi connectivity index (χ3n) is 4.81. The van der Waals surface area contributed by atoms with Crippen molar-refractivity contribution in [3.63, 3.8) is 0 Å². The molecule has 1 aromatic heterocycles. The Bertz CT molecular complexity index is 936. The molecule has 4 rings (SSSR count). The van der Waals surface area contributed by atoms with E-state index in [1.54, 1.807) is 29.1 Å². The molecule has 0 unspecified atom stereocenters. The smallest absolute Gasteiger partial charge is 0.148 e. The molecule has 0 saturated carbocycles. The van der Waals surface area contributed by atoms with Crippen LogP contribution in [0.15, 0.2) is 48.7 Å². The third kappa shape index (κ3) is 3.12. The molecule has 2 aromatic carbocycles. The summed E-state index contributed by atoms with van der Waals surface area (Å²) in [6.07, 6.45) is 4.32. The molecule has 1 aliphatic rings. The summed E-state index contributed by atoms with van der Waals surface area (Å²) >= 11 is 0. The Kier molecular flexibility index (Phi) is 4.51. The number of nitrogens with one attached hydrogen (secondary N) is 1. The summed E-state index contributed by atoms with van der Waals surface area (Å²) in [6.45, 7) is 0.221. The minimum Gasteiger partial charge on any atom is -0.306 e. The van der Waals surface area contributed by atoms with Crippen LogP contribution in [0.4, 0.5) is 13.2 Å². The summed E-state index contributed by atoms with van der Waals surface area (Å²) in [6, 6.07) is 9.95. The highest BCUT2D eigenvalue weighted by Gasteiger charge is 2.25. The number of aromatic nitrogens is 2. The number of hydrogen-bond acceptors (Lipinski definition) is 2. The molecule has 1 N–H and O–H groups in total. The van der Waals surface area contributed by atoms with Crippen LogP contribution in [0.5, 0.6) is 0 Å². The molecule has 3 aromatic rings. The lowest BCUT2D eigenvalue weighted by Gasteiger charge is -2.24. The predicted molar refractivity (Wildman–Crippen MR) is 92.4 cm³/mol. The second kappa shape index (κ2) is 6.96. The lowest BCUT2D eigenvalue weighted by molar-refractivity contribution is 0.447. The van der Waals surface area contributed by atoms with Crippen molar-refractivity contribution in [2.24, 2.45) is 0 Å². The monoisotopic (exact) mass is 357 g/mol. The van der Waals surface area contributed by atoms with Gasteiger partial charge in [-0.15, -0.1) is 0 Å². The lowest BCUT2D eigenvalue weighted by atomic mass is 9.92. The number of nitrogens with zero attached hydrogens (tertiary/aromatic N) is 2. The van der Waals surface area contributed by atoms with Crippen LogP contribution in [0.25, 0.3) is 5.69 Å². The molecule has 0 spiro atoms. The molecule has 1 atom stereocenters. The summed E-state index contributed by atoms with van der Waals surface area (Å²) in [5.74, 6) is -1.22. The van der Waals surface area contributed by atoms with Crippen molar-refractivity contribution in [2.45, 2.75) is 31.8 Å². The molecular formula is C20H18F3N3. The van der Waals surface area contributed by atoms with Crippen LogP contribution in [-0.2, 0) is 13.0 Å². The molecule has 6 heteroatoms. The van der Waals surface area contributed by atoms with Gasteiger partial charge >= 0.3 is 0 Å². The van der Waals surface area contributed by atoms with E-state index >= 15 is 0 Å². The minimum atomic E-state index is -0.458. The maximum Gasteiger partial charge on any atom is 0.148 e. The van der Waals surface area contributed by atoms with Gasteiger partial charge in [0.05, 0.1) is 6.20 Å². The Labute approximate surface area is 149 Å². The van der Waals surface area contributed by atoms with Crippen LogP contribution in [0.1, 0.15) is 35.7 Å². The fraction of sp³-hybridized carbons (Fsp3) is 0.250. The second-order valence-corrected chi connectivity index (χ2v) is 6.47. The first-order valence-electron chi connectivity index (χ1n) is 8.62. The molecule has 0 radical (unpaired) electrons. The first kappa shape index (κ1) is 16.8. The highest BCUT2D eigenvalue weighted by atomic mass is 19.1. The molecule has 1 aliphatic carbocycles. The van der Waals surface area contributed by atoms with Gasteiger partial charge in [0.15, 0.2) is 0 Å². The highest BCUT2D eigenvalue weighted by molar-refractivity contribution is 5.38. The molecule has 0 bridgehead atoms. The number of benzene rings is 2. The van der Waals surface area contributed by atoms with Gasteiger partial charge in [0, 0.05) is 29.4 Å². The van der Waals surface area contributed by atoms with Crippen LogP contribution >= 0.6 is 0 Å². The first-order chi connectivity index (χ1) is 12.6. The average Bonchev–Trinajstić information content (AvgIpc) is 3.07. The van der Waals surface area contributed by atoms with Gasteiger partial charge < -0.3 is 5.32 Å². The van der Waals surface area contributed by atoms with Crippen molar-refractivity contribution >= 4 is 0 Å². The van der Waals surface area contributed by atoms with Gasteiger partial charge in [0.2, 0.25) is 0 Å². The van der Waals surface area contributed by atoms with Gasteiger partial charge in [-0.3, -0.25) is 0 Å². The number of para-hydroxylation sites is 1. The Morgan fingerprint density at radius 2 is 1.92 bits per heavy atom. The number of rotatable bonds is 4. The van der Waals surface area contributed by atoms with Crippen LogP contribution in [-0.4, -0.2) is 9.78 Å². The van der Waals surface area contributed by atoms with Crippen molar-refractivity contribution in [3.05, 3.63) is 82.9 Å². The zero-order valence-electron chi connectivity index (χ0n) is 14.1. The largest absolute Gasteiger partial charge is 0.306 e. The van der Waals surface area contributed by atoms with E-state index in [-0.39, 0.29) is 18.4 Å². The Hall–Kier alpha value is -2.60. The standard InChI is InChI=1S/C20H18F3N3/c21-14-8-9-16(22)13(10-14)11-24-18-5-3-7-19-15(18)12-25-26(19)20-6-2-1-4-17(20)23/h1-2,4,6,8-10,12,18,24H,3,5,7,11H2/t18-/m1/s1. The van der Waals surface area contributed by atoms with E-state index in [2.05, 4.69) is 10.4 Å². The summed E-state index contributed by atoms with van der Waals surface area (Å²) < 4.78 is 42.9. The Balaban J connectivity index is 1.59. The van der Waals surface area contributed by atoms with Crippen LogP contribution in [0.3, 0.4) is 0 Å². The maximum atomic E-state index is 14.1. The fourth-order valence-electron chi connectivity index (χ4n) is 3.51. The molecule has 0 fully saturated rings. The second-order valence-electron chi connectivity index (χ2n) is 6.47. The molecule has 1 heterocycles. The Morgan fingerprint density at radius 1 is 1.08 bits per heavy atom. The number of halogens is 3. The maximum absolute atomic E-state index is 14.1. The van der Waals surface area contributed by atoms with E-state index in [4.69, 9.17) is 0 Å². The van der Waals surface area contributed by atoms with Crippen molar-refractivity contribution < 1.29 is 13.2 Å². The van der Waals surface area contributed by atoms with Crippen molar-refractivity contribution in [1.82, 2.24) is 15.1 Å². The molecule has 0 amide bonds. The molecular weight excluding hydrogens is 339 g/mol. The van der Waals surface area contributed by atoms with Crippen LogP contribution in [0, 0.1) is 17.5 Å². The van der Waals surface area contributed by atoms with Crippen molar-refractivity contribution in [2.75, 3.05) is 0 Å². The first-order valence-corrected chi connectivity index (χ1v) is 8.62. The quantitative estimate of drug-likeness (QED) is 0.747. The summed E-state index contributed by atoms with van der Waals surface area (Å²) in [4.78, 5) is 0. The minimum absolute atomic E-state index is 0.0260. The normalized spacial score (nSPS) is 16.5. The molecule has 26 heavy (non-hydrogen) atoms. The molecule has 3 nitrogen and oxygen atoms in total. The van der Waals surface area contributed by atoms with Crippen molar-refractivity contribution in [1.29, 1.82) is 0 Å². The van der Waals surface area contributed by atoms with Gasteiger partial charge in [0.1, 0.15) is 23.1 Å². The SMILES string of the molecule is Fc1ccc(F)c(CN[C@@H]2CCCc3c2cnn3-c2ccccc2F)c1. The lowest BCUT2D eigenvalue weighted by Crippen LogP contribution is -2.25. The topological polar surface area (TPSA) is 29.9 Å². The predicted octanol–water partition coefficient (Wildman–Crippen LogP) is 4.46. The number of hydrogen-bond donors (Lipinski definition) is 1. The van der Waals surface area contributed by atoms with Gasteiger partial charge in [-0.2, -0.15) is 5.10 Å². The van der Waals surface area contributed by atoms with Crippen molar-refractivity contribution in [3.8, 4) is 5.69 Å². The van der Waals surface area contributed by atoms with E-state index in [0.29, 0.717) is 11.3 Å². The molecule has 0 saturated heterocycles. The third-order valence-corrected chi connectivity index (χ3v) is 4.81. The highest BCUT2D eigenvalue weighted by Crippen LogP contribution is 2.31. The fourth-order valence-corrected chi connectivity index (χ4v) is 3.51. The van der Waals surface area contributed by atoms with Crippen LogP contribution in [0.2, 0.25) is 0 Å². The van der Waals surface area contributed by atoms with E-state index in [9.17, 15) is 13.2 Å². The van der Waals surface area contributed by atoms with Crippen LogP contribution < -0.4 is 5.32 Å². The molecule has 134 valence electrons. The Morgan fingerprint density at radius 3 is 2.77 bits per heavy atom. The zero-order chi connectivity index (χ0) is 18.1. The van der Waals surface area contributed by atoms with E-state index in [1.165, 1.54) is 12.1 Å². The summed E-state index contributed by atoms with van der Waals surface area (Å²) in [7, 11) is 0. The van der Waals surface area contributed by atoms with E-state index in [0.717, 1.165) is 42.7 Å². The van der Waals surface area contributed by atoms with E-state index in [1.807, 2.05) is 0 Å². The van der Waals surface area contributed by atoms with Gasteiger partial charge in [-0.05, 0) is 49.6 Å². The summed E-state index contributed by atoms with van der Waals surface area (Å²) in [5.41, 5.74) is 2.65. The summed E-state index contributed by atoms with van der Waals surface area (Å²) in [5, 5.41) is 7.66. The van der Waals surface area contributed by atoms with Gasteiger partial charge in [0.25, 0.3) is 0 Å².